The van der Waals surface area contributed by atoms with E-state index in [0.29, 0.717) is 6.04 Å². The highest BCUT2D eigenvalue weighted by Gasteiger charge is 2.48. The average Bonchev–Trinajstić information content (AvgIpc) is 2.88. The predicted molar refractivity (Wildman–Crippen MR) is 56.4 cm³/mol. The van der Waals surface area contributed by atoms with Gasteiger partial charge in [0.25, 0.3) is 0 Å². The van der Waals surface area contributed by atoms with E-state index in [-0.39, 0.29) is 0 Å². The van der Waals surface area contributed by atoms with E-state index in [1.807, 2.05) is 6.07 Å². The molecule has 2 atom stereocenters. The molecule has 2 aliphatic heterocycles. The fraction of sp³-hybridized carbons (Fsp3) is 0.667. The van der Waals surface area contributed by atoms with Crippen molar-refractivity contribution in [3.8, 4) is 0 Å². The van der Waals surface area contributed by atoms with Crippen molar-refractivity contribution in [1.82, 2.24) is 4.90 Å². The lowest BCUT2D eigenvalue weighted by molar-refractivity contribution is -0.0142. The fourth-order valence-electron chi connectivity index (χ4n) is 3.13. The zero-order valence-electron chi connectivity index (χ0n) is 8.85. The van der Waals surface area contributed by atoms with Crippen LogP contribution in [-0.4, -0.2) is 29.1 Å². The Hall–Kier alpha value is -0.800. The molecule has 3 nitrogen and oxygen atoms in total. The van der Waals surface area contributed by atoms with Crippen LogP contribution in [0.3, 0.4) is 0 Å². The van der Waals surface area contributed by atoms with Gasteiger partial charge < -0.3 is 9.52 Å². The van der Waals surface area contributed by atoms with E-state index in [2.05, 4.69) is 4.90 Å². The molecule has 82 valence electrons. The van der Waals surface area contributed by atoms with Crippen molar-refractivity contribution in [3.05, 3.63) is 24.2 Å². The summed E-state index contributed by atoms with van der Waals surface area (Å²) in [4.78, 5) is 2.43. The first-order chi connectivity index (χ1) is 7.31. The number of nitrogens with zero attached hydrogens (tertiary/aromatic N) is 1. The summed E-state index contributed by atoms with van der Waals surface area (Å²) in [7, 11) is 0. The SMILES string of the molecule is OC1(c2ccoc2)CCN2CCCCC21. The van der Waals surface area contributed by atoms with Crippen LogP contribution < -0.4 is 0 Å². The van der Waals surface area contributed by atoms with Gasteiger partial charge in [0, 0.05) is 18.2 Å². The molecule has 0 radical (unpaired) electrons. The summed E-state index contributed by atoms with van der Waals surface area (Å²) in [5.41, 5.74) is 0.296. The van der Waals surface area contributed by atoms with Gasteiger partial charge in [-0.15, -0.1) is 0 Å². The normalized spacial score (nSPS) is 36.7. The number of hydrogen-bond donors (Lipinski definition) is 1. The molecule has 0 amide bonds. The number of fused-ring (bicyclic) bond motifs is 1. The highest BCUT2D eigenvalue weighted by molar-refractivity contribution is 5.22. The molecule has 2 saturated heterocycles. The molecule has 0 spiro atoms. The molecule has 2 unspecified atom stereocenters. The van der Waals surface area contributed by atoms with Gasteiger partial charge in [-0.3, -0.25) is 4.90 Å². The smallest absolute Gasteiger partial charge is 0.109 e. The zero-order chi connectivity index (χ0) is 10.3. The van der Waals surface area contributed by atoms with Crippen molar-refractivity contribution in [2.45, 2.75) is 37.3 Å². The van der Waals surface area contributed by atoms with Gasteiger partial charge in [-0.25, -0.2) is 0 Å². The zero-order valence-corrected chi connectivity index (χ0v) is 8.85. The van der Waals surface area contributed by atoms with E-state index in [9.17, 15) is 5.11 Å². The van der Waals surface area contributed by atoms with Crippen LogP contribution in [0.4, 0.5) is 0 Å². The Kier molecular flexibility index (Phi) is 2.11. The van der Waals surface area contributed by atoms with Crippen molar-refractivity contribution in [3.63, 3.8) is 0 Å². The maximum Gasteiger partial charge on any atom is 0.109 e. The number of hydrogen-bond acceptors (Lipinski definition) is 3. The van der Waals surface area contributed by atoms with E-state index in [1.54, 1.807) is 12.5 Å². The molecule has 0 aromatic carbocycles. The lowest BCUT2D eigenvalue weighted by Crippen LogP contribution is -2.44. The average molecular weight is 207 g/mol. The molecule has 1 aromatic rings. The summed E-state index contributed by atoms with van der Waals surface area (Å²) in [5, 5.41) is 10.7. The second-order valence-electron chi connectivity index (χ2n) is 4.73. The molecule has 0 bridgehead atoms. The highest BCUT2D eigenvalue weighted by Crippen LogP contribution is 2.42. The van der Waals surface area contributed by atoms with Crippen LogP contribution in [0.2, 0.25) is 0 Å². The van der Waals surface area contributed by atoms with Crippen LogP contribution in [-0.2, 0) is 5.60 Å². The third-order valence-corrected chi connectivity index (χ3v) is 3.97. The van der Waals surface area contributed by atoms with Gasteiger partial charge in [-0.2, -0.15) is 0 Å². The van der Waals surface area contributed by atoms with E-state index in [4.69, 9.17) is 4.42 Å². The minimum Gasteiger partial charge on any atom is -0.472 e. The van der Waals surface area contributed by atoms with Gasteiger partial charge in [0.2, 0.25) is 0 Å². The first-order valence-electron chi connectivity index (χ1n) is 5.80. The summed E-state index contributed by atoms with van der Waals surface area (Å²) in [6.45, 7) is 2.16. The van der Waals surface area contributed by atoms with Crippen LogP contribution in [0.15, 0.2) is 23.0 Å². The second kappa shape index (κ2) is 3.35. The summed E-state index contributed by atoms with van der Waals surface area (Å²) >= 11 is 0. The van der Waals surface area contributed by atoms with Crippen molar-refractivity contribution in [2.75, 3.05) is 13.1 Å². The molecule has 3 rings (SSSR count). The van der Waals surface area contributed by atoms with Crippen molar-refractivity contribution in [2.24, 2.45) is 0 Å². The maximum atomic E-state index is 10.7. The molecule has 3 heterocycles. The Balaban J connectivity index is 1.92. The van der Waals surface area contributed by atoms with Crippen molar-refractivity contribution in [1.29, 1.82) is 0 Å². The minimum absolute atomic E-state index is 0.309. The van der Waals surface area contributed by atoms with Crippen molar-refractivity contribution >= 4 is 0 Å². The van der Waals surface area contributed by atoms with Gasteiger partial charge in [0.05, 0.1) is 12.5 Å². The number of furan rings is 1. The van der Waals surface area contributed by atoms with Gasteiger partial charge in [0.15, 0.2) is 0 Å². The van der Waals surface area contributed by atoms with E-state index in [0.717, 1.165) is 31.5 Å². The minimum atomic E-state index is -0.659. The van der Waals surface area contributed by atoms with E-state index < -0.39 is 5.60 Å². The Bertz CT molecular complexity index is 335. The third kappa shape index (κ3) is 1.34. The number of piperidine rings is 1. The third-order valence-electron chi connectivity index (χ3n) is 3.97. The Morgan fingerprint density at radius 2 is 2.33 bits per heavy atom. The standard InChI is InChI=1S/C12H17NO2/c14-12(10-4-8-15-9-10)5-7-13-6-2-1-3-11(12)13/h4,8-9,11,14H,1-3,5-7H2. The topological polar surface area (TPSA) is 36.6 Å². The number of aliphatic hydroxyl groups is 1. The largest absolute Gasteiger partial charge is 0.472 e. The van der Waals surface area contributed by atoms with E-state index >= 15 is 0 Å². The molecule has 2 fully saturated rings. The first-order valence-corrected chi connectivity index (χ1v) is 5.80. The molecular formula is C12H17NO2. The number of rotatable bonds is 1. The first kappa shape index (κ1) is 9.43. The van der Waals surface area contributed by atoms with Gasteiger partial charge >= 0.3 is 0 Å². The van der Waals surface area contributed by atoms with Gasteiger partial charge in [0.1, 0.15) is 5.60 Å². The quantitative estimate of drug-likeness (QED) is 0.762. The molecule has 3 heteroatoms. The van der Waals surface area contributed by atoms with Crippen LogP contribution in [0, 0.1) is 0 Å². The molecule has 15 heavy (non-hydrogen) atoms. The Labute approximate surface area is 89.7 Å². The lowest BCUT2D eigenvalue weighted by Gasteiger charge is -2.36. The molecular weight excluding hydrogens is 190 g/mol. The lowest BCUT2D eigenvalue weighted by atomic mass is 9.84. The van der Waals surface area contributed by atoms with Gasteiger partial charge in [-0.05, 0) is 31.9 Å². The Morgan fingerprint density at radius 1 is 1.40 bits per heavy atom. The molecule has 0 saturated carbocycles. The molecule has 2 aliphatic rings. The second-order valence-corrected chi connectivity index (χ2v) is 4.73. The molecule has 0 aliphatic carbocycles. The highest BCUT2D eigenvalue weighted by atomic mass is 16.3. The fourth-order valence-corrected chi connectivity index (χ4v) is 3.13. The maximum absolute atomic E-state index is 10.7. The monoisotopic (exact) mass is 207 g/mol. The Morgan fingerprint density at radius 3 is 3.13 bits per heavy atom. The summed E-state index contributed by atoms with van der Waals surface area (Å²) in [5.74, 6) is 0. The summed E-state index contributed by atoms with van der Waals surface area (Å²) in [6.07, 6.45) is 7.81. The van der Waals surface area contributed by atoms with Gasteiger partial charge in [-0.1, -0.05) is 6.42 Å². The molecule has 1 N–H and O–H groups in total. The summed E-state index contributed by atoms with van der Waals surface area (Å²) < 4.78 is 5.09. The van der Waals surface area contributed by atoms with Crippen LogP contribution in [0.1, 0.15) is 31.2 Å². The van der Waals surface area contributed by atoms with E-state index in [1.165, 1.54) is 12.8 Å². The predicted octanol–water partition coefficient (Wildman–Crippen LogP) is 1.73. The summed E-state index contributed by atoms with van der Waals surface area (Å²) in [6, 6.07) is 2.21. The van der Waals surface area contributed by atoms with Crippen molar-refractivity contribution < 1.29 is 9.52 Å². The molecule has 1 aromatic heterocycles. The van der Waals surface area contributed by atoms with Crippen LogP contribution >= 0.6 is 0 Å². The van der Waals surface area contributed by atoms with Crippen LogP contribution in [0.25, 0.3) is 0 Å². The van der Waals surface area contributed by atoms with Crippen LogP contribution in [0.5, 0.6) is 0 Å².